The molecule has 1 aromatic rings. The van der Waals surface area contributed by atoms with Gasteiger partial charge in [0.15, 0.2) is 11.6 Å². The molecule has 23 heavy (non-hydrogen) atoms. The van der Waals surface area contributed by atoms with E-state index in [0.717, 1.165) is 6.54 Å². The molecule has 1 aromatic heterocycles. The number of imidazole rings is 1. The third-order valence-corrected chi connectivity index (χ3v) is 3.44. The lowest BCUT2D eigenvalue weighted by Gasteiger charge is -2.09. The van der Waals surface area contributed by atoms with Crippen molar-refractivity contribution in [2.75, 3.05) is 19.6 Å². The Hall–Kier alpha value is -2.01. The Bertz CT molecular complexity index is 512. The van der Waals surface area contributed by atoms with Gasteiger partial charge in [0.1, 0.15) is 0 Å². The van der Waals surface area contributed by atoms with Crippen LogP contribution in [0.4, 0.5) is 0 Å². The largest absolute Gasteiger partial charge is 0.334 e. The number of hydrogen-bond acceptors (Lipinski definition) is 4. The maximum atomic E-state index is 10.9. The molecule has 0 N–H and O–H groups in total. The van der Waals surface area contributed by atoms with Crippen molar-refractivity contribution in [3.05, 3.63) is 43.0 Å². The highest BCUT2D eigenvalue weighted by Crippen LogP contribution is 2.06. The van der Waals surface area contributed by atoms with Crippen LogP contribution < -0.4 is 0 Å². The molecule has 1 aliphatic rings. The molecule has 5 nitrogen and oxygen atoms in total. The third-order valence-electron chi connectivity index (χ3n) is 3.44. The topological polar surface area (TPSA) is 55.2 Å². The summed E-state index contributed by atoms with van der Waals surface area (Å²) >= 11 is 0. The lowest BCUT2D eigenvalue weighted by Crippen LogP contribution is -2.18. The van der Waals surface area contributed by atoms with Crippen molar-refractivity contribution in [1.29, 1.82) is 0 Å². The van der Waals surface area contributed by atoms with Gasteiger partial charge in [-0.05, 0) is 45.0 Å². The highest BCUT2D eigenvalue weighted by molar-refractivity contribution is 5.89. The van der Waals surface area contributed by atoms with Crippen LogP contribution in [0.15, 0.2) is 43.0 Å². The molecule has 0 amide bonds. The van der Waals surface area contributed by atoms with E-state index < -0.39 is 0 Å². The van der Waals surface area contributed by atoms with Gasteiger partial charge in [-0.15, -0.1) is 0 Å². The summed E-state index contributed by atoms with van der Waals surface area (Å²) in [6.45, 7) is 7.48. The zero-order valence-electron chi connectivity index (χ0n) is 14.1. The number of likely N-dealkylation sites (tertiary alicyclic amines) is 1. The molecule has 1 fully saturated rings. The minimum atomic E-state index is 0.0742. The van der Waals surface area contributed by atoms with E-state index in [1.54, 1.807) is 24.7 Å². The zero-order chi connectivity index (χ0) is 16.9. The molecule has 0 atom stereocenters. The van der Waals surface area contributed by atoms with Crippen molar-refractivity contribution in [2.24, 2.45) is 0 Å². The average molecular weight is 317 g/mol. The molecule has 0 bridgehead atoms. The molecular formula is C18H27N3O2. The van der Waals surface area contributed by atoms with E-state index in [0.29, 0.717) is 13.0 Å². The fourth-order valence-corrected chi connectivity index (χ4v) is 2.15. The maximum Gasteiger partial charge on any atom is 0.155 e. The number of aromatic nitrogens is 2. The van der Waals surface area contributed by atoms with Crippen LogP contribution in [0.25, 0.3) is 0 Å². The number of ketones is 2. The number of allylic oxidation sites excluding steroid dienone is 3. The Morgan fingerprint density at radius 1 is 1.13 bits per heavy atom. The van der Waals surface area contributed by atoms with E-state index in [4.69, 9.17) is 0 Å². The SMILES string of the molecule is CC(=O)/C=C/Cn1ccnc1.CCC(=O)/C=C/CN1CCCC1. The van der Waals surface area contributed by atoms with E-state index in [9.17, 15) is 9.59 Å². The van der Waals surface area contributed by atoms with Crippen LogP contribution in [-0.2, 0) is 16.1 Å². The molecule has 0 aliphatic carbocycles. The summed E-state index contributed by atoms with van der Waals surface area (Å²) in [5, 5.41) is 0. The fraction of sp³-hybridized carbons (Fsp3) is 0.500. The van der Waals surface area contributed by atoms with Crippen LogP contribution in [0.1, 0.15) is 33.1 Å². The highest BCUT2D eigenvalue weighted by Gasteiger charge is 2.08. The average Bonchev–Trinajstić information content (AvgIpc) is 3.21. The van der Waals surface area contributed by atoms with Crippen molar-refractivity contribution in [3.8, 4) is 0 Å². The monoisotopic (exact) mass is 317 g/mol. The number of carbonyl (C=O) groups excluding carboxylic acids is 2. The molecule has 1 saturated heterocycles. The van der Waals surface area contributed by atoms with Gasteiger partial charge in [-0.3, -0.25) is 14.5 Å². The molecule has 0 aromatic carbocycles. The summed E-state index contributed by atoms with van der Waals surface area (Å²) in [5.41, 5.74) is 0. The van der Waals surface area contributed by atoms with Gasteiger partial charge in [-0.2, -0.15) is 0 Å². The Labute approximate surface area is 138 Å². The van der Waals surface area contributed by atoms with Crippen molar-refractivity contribution in [3.63, 3.8) is 0 Å². The second-order valence-corrected chi connectivity index (χ2v) is 5.50. The first-order chi connectivity index (χ1) is 11.1. The quantitative estimate of drug-likeness (QED) is 0.726. The normalized spacial score (nSPS) is 15.0. The van der Waals surface area contributed by atoms with E-state index in [1.807, 2.05) is 29.8 Å². The number of carbonyl (C=O) groups is 2. The first kappa shape index (κ1) is 19.0. The summed E-state index contributed by atoms with van der Waals surface area (Å²) in [4.78, 5) is 27.6. The predicted octanol–water partition coefficient (Wildman–Crippen LogP) is 2.65. The van der Waals surface area contributed by atoms with Crippen LogP contribution in [0.5, 0.6) is 0 Å². The molecule has 5 heteroatoms. The van der Waals surface area contributed by atoms with Gasteiger partial charge in [0.05, 0.1) is 6.33 Å². The maximum absolute atomic E-state index is 10.9. The lowest BCUT2D eigenvalue weighted by molar-refractivity contribution is -0.114. The molecule has 0 saturated carbocycles. The van der Waals surface area contributed by atoms with E-state index >= 15 is 0 Å². The van der Waals surface area contributed by atoms with Crippen LogP contribution in [0.2, 0.25) is 0 Å². The first-order valence-electron chi connectivity index (χ1n) is 8.16. The van der Waals surface area contributed by atoms with Crippen LogP contribution in [0, 0.1) is 0 Å². The zero-order valence-corrected chi connectivity index (χ0v) is 14.1. The Balaban J connectivity index is 0.000000231. The van der Waals surface area contributed by atoms with Gasteiger partial charge < -0.3 is 4.57 Å². The Morgan fingerprint density at radius 3 is 2.39 bits per heavy atom. The molecule has 2 heterocycles. The number of nitrogens with zero attached hydrogens (tertiary/aromatic N) is 3. The molecule has 0 radical (unpaired) electrons. The molecule has 1 aliphatic heterocycles. The summed E-state index contributed by atoms with van der Waals surface area (Å²) in [7, 11) is 0. The summed E-state index contributed by atoms with van der Waals surface area (Å²) in [6.07, 6.45) is 15.6. The third kappa shape index (κ3) is 9.58. The fourth-order valence-electron chi connectivity index (χ4n) is 2.15. The molecule has 126 valence electrons. The standard InChI is InChI=1S/C10H17NO.C8H10N2O/c1-2-10(12)6-5-9-11-7-3-4-8-11;1-8(11)3-2-5-10-6-4-9-7-10/h5-6H,2-4,7-9H2,1H3;2-4,6-7H,5H2,1H3/b6-5+;3-2+. The van der Waals surface area contributed by atoms with Gasteiger partial charge >= 0.3 is 0 Å². The Morgan fingerprint density at radius 2 is 1.83 bits per heavy atom. The van der Waals surface area contributed by atoms with Crippen LogP contribution >= 0.6 is 0 Å². The molecular weight excluding hydrogens is 290 g/mol. The smallest absolute Gasteiger partial charge is 0.155 e. The number of rotatable bonds is 7. The van der Waals surface area contributed by atoms with Gasteiger partial charge in [0.2, 0.25) is 0 Å². The van der Waals surface area contributed by atoms with Gasteiger partial charge in [-0.25, -0.2) is 4.98 Å². The predicted molar refractivity (Wildman–Crippen MR) is 92.2 cm³/mol. The lowest BCUT2D eigenvalue weighted by atomic mass is 10.3. The molecule has 0 unspecified atom stereocenters. The summed E-state index contributed by atoms with van der Waals surface area (Å²) in [5.74, 6) is 0.305. The van der Waals surface area contributed by atoms with Gasteiger partial charge in [0.25, 0.3) is 0 Å². The van der Waals surface area contributed by atoms with Crippen molar-refractivity contribution < 1.29 is 9.59 Å². The number of hydrogen-bond donors (Lipinski definition) is 0. The second kappa shape index (κ2) is 11.5. The molecule has 2 rings (SSSR count). The van der Waals surface area contributed by atoms with Gasteiger partial charge in [-0.1, -0.05) is 19.1 Å². The Kier molecular flexibility index (Phi) is 9.55. The highest BCUT2D eigenvalue weighted by atomic mass is 16.1. The molecule has 0 spiro atoms. The van der Waals surface area contributed by atoms with E-state index in [-0.39, 0.29) is 11.6 Å². The van der Waals surface area contributed by atoms with Crippen molar-refractivity contribution >= 4 is 11.6 Å². The van der Waals surface area contributed by atoms with E-state index in [2.05, 4.69) is 9.88 Å². The minimum Gasteiger partial charge on any atom is -0.334 e. The summed E-state index contributed by atoms with van der Waals surface area (Å²) in [6, 6.07) is 0. The minimum absolute atomic E-state index is 0.0742. The van der Waals surface area contributed by atoms with Crippen molar-refractivity contribution in [2.45, 2.75) is 39.7 Å². The van der Waals surface area contributed by atoms with Gasteiger partial charge in [0, 0.05) is 31.9 Å². The first-order valence-corrected chi connectivity index (χ1v) is 8.16. The second-order valence-electron chi connectivity index (χ2n) is 5.50. The van der Waals surface area contributed by atoms with Crippen LogP contribution in [0.3, 0.4) is 0 Å². The summed E-state index contributed by atoms with van der Waals surface area (Å²) < 4.78 is 1.89. The van der Waals surface area contributed by atoms with Crippen molar-refractivity contribution in [1.82, 2.24) is 14.5 Å². The van der Waals surface area contributed by atoms with Crippen LogP contribution in [-0.4, -0.2) is 45.7 Å². The van der Waals surface area contributed by atoms with E-state index in [1.165, 1.54) is 32.9 Å².